The number of anilines is 2. The van der Waals surface area contributed by atoms with Crippen LogP contribution < -0.4 is 10.6 Å². The zero-order chi connectivity index (χ0) is 16.7. The summed E-state index contributed by atoms with van der Waals surface area (Å²) >= 11 is 1.24. The second kappa shape index (κ2) is 8.33. The molecule has 0 heterocycles. The van der Waals surface area contributed by atoms with Crippen molar-refractivity contribution < 1.29 is 14.0 Å². The Morgan fingerprint density at radius 2 is 1.61 bits per heavy atom. The average molecular weight is 332 g/mol. The van der Waals surface area contributed by atoms with Gasteiger partial charge in [0.05, 0.1) is 11.0 Å². The lowest BCUT2D eigenvalue weighted by Gasteiger charge is -2.12. The average Bonchev–Trinajstić information content (AvgIpc) is 2.55. The number of nitrogens with one attached hydrogen (secondary N) is 2. The molecule has 2 rings (SSSR count). The highest BCUT2D eigenvalue weighted by atomic mass is 32.2. The molecule has 23 heavy (non-hydrogen) atoms. The molecule has 0 aliphatic rings. The largest absolute Gasteiger partial charge is 0.325 e. The third kappa shape index (κ3) is 5.75. The van der Waals surface area contributed by atoms with Gasteiger partial charge in [0.1, 0.15) is 5.82 Å². The number of carbonyl (C=O) groups excluding carboxylic acids is 2. The number of amides is 2. The van der Waals surface area contributed by atoms with Crippen LogP contribution in [0.5, 0.6) is 0 Å². The first-order chi connectivity index (χ1) is 11.0. The monoisotopic (exact) mass is 332 g/mol. The summed E-state index contributed by atoms with van der Waals surface area (Å²) in [4.78, 5) is 23.8. The maximum atomic E-state index is 12.8. The van der Waals surface area contributed by atoms with Crippen LogP contribution in [0.1, 0.15) is 6.92 Å². The van der Waals surface area contributed by atoms with E-state index < -0.39 is 5.25 Å². The fraction of sp³-hybridized carbons (Fsp3) is 0.176. The molecule has 0 bridgehead atoms. The van der Waals surface area contributed by atoms with Crippen molar-refractivity contribution in [2.45, 2.75) is 12.2 Å². The summed E-state index contributed by atoms with van der Waals surface area (Å²) in [5.74, 6) is -0.577. The van der Waals surface area contributed by atoms with Crippen LogP contribution in [0, 0.1) is 5.82 Å². The number of hydrogen-bond acceptors (Lipinski definition) is 3. The van der Waals surface area contributed by atoms with Gasteiger partial charge in [0.25, 0.3) is 0 Å². The van der Waals surface area contributed by atoms with Crippen LogP contribution in [0.4, 0.5) is 15.8 Å². The van der Waals surface area contributed by atoms with E-state index in [4.69, 9.17) is 0 Å². The van der Waals surface area contributed by atoms with Gasteiger partial charge in [-0.2, -0.15) is 0 Å². The highest BCUT2D eigenvalue weighted by Crippen LogP contribution is 2.15. The van der Waals surface area contributed by atoms with Crippen LogP contribution in [-0.4, -0.2) is 22.8 Å². The van der Waals surface area contributed by atoms with Gasteiger partial charge < -0.3 is 10.6 Å². The van der Waals surface area contributed by atoms with Crippen LogP contribution in [0.2, 0.25) is 0 Å². The molecule has 6 heteroatoms. The molecule has 0 aromatic heterocycles. The van der Waals surface area contributed by atoms with Gasteiger partial charge in [-0.05, 0) is 43.3 Å². The van der Waals surface area contributed by atoms with Crippen LogP contribution in [0.25, 0.3) is 0 Å². The molecule has 0 saturated carbocycles. The summed E-state index contributed by atoms with van der Waals surface area (Å²) < 4.78 is 12.8. The molecule has 2 N–H and O–H groups in total. The Balaban J connectivity index is 1.77. The normalized spacial score (nSPS) is 11.6. The summed E-state index contributed by atoms with van der Waals surface area (Å²) in [6.07, 6.45) is 0. The number of carbonyl (C=O) groups is 2. The number of hydrogen-bond donors (Lipinski definition) is 2. The lowest BCUT2D eigenvalue weighted by molar-refractivity contribution is -0.115. The van der Waals surface area contributed by atoms with E-state index in [9.17, 15) is 14.0 Å². The molecule has 0 aliphatic heterocycles. The van der Waals surface area contributed by atoms with Gasteiger partial charge in [0.2, 0.25) is 11.8 Å². The third-order valence-electron chi connectivity index (χ3n) is 3.00. The molecule has 4 nitrogen and oxygen atoms in total. The molecule has 0 aliphatic carbocycles. The molecule has 0 saturated heterocycles. The topological polar surface area (TPSA) is 58.2 Å². The van der Waals surface area contributed by atoms with E-state index in [1.54, 1.807) is 19.1 Å². The van der Waals surface area contributed by atoms with E-state index in [2.05, 4.69) is 10.6 Å². The number of para-hydroxylation sites is 1. The van der Waals surface area contributed by atoms with Gasteiger partial charge in [-0.25, -0.2) is 4.39 Å². The Labute approximate surface area is 138 Å². The molecule has 0 unspecified atom stereocenters. The first kappa shape index (κ1) is 17.0. The Bertz CT molecular complexity index is 662. The van der Waals surface area contributed by atoms with Gasteiger partial charge in [-0.15, -0.1) is 11.8 Å². The molecule has 120 valence electrons. The minimum absolute atomic E-state index is 0.164. The summed E-state index contributed by atoms with van der Waals surface area (Å²) in [7, 11) is 0. The van der Waals surface area contributed by atoms with Gasteiger partial charge >= 0.3 is 0 Å². The summed E-state index contributed by atoms with van der Waals surface area (Å²) in [6.45, 7) is 1.72. The highest BCUT2D eigenvalue weighted by Gasteiger charge is 2.15. The van der Waals surface area contributed by atoms with E-state index in [1.165, 1.54) is 36.0 Å². The van der Waals surface area contributed by atoms with Crippen molar-refractivity contribution >= 4 is 35.0 Å². The second-order valence-corrected chi connectivity index (χ2v) is 6.19. The van der Waals surface area contributed by atoms with E-state index >= 15 is 0 Å². The second-order valence-electron chi connectivity index (χ2n) is 4.86. The van der Waals surface area contributed by atoms with Crippen molar-refractivity contribution in [2.75, 3.05) is 16.4 Å². The molecular formula is C17H17FN2O2S. The predicted octanol–water partition coefficient (Wildman–Crippen LogP) is 3.52. The Morgan fingerprint density at radius 3 is 2.26 bits per heavy atom. The zero-order valence-electron chi connectivity index (χ0n) is 12.6. The first-order valence-electron chi connectivity index (χ1n) is 7.07. The Kier molecular flexibility index (Phi) is 6.17. The van der Waals surface area contributed by atoms with Gasteiger partial charge in [-0.1, -0.05) is 18.2 Å². The van der Waals surface area contributed by atoms with E-state index in [-0.39, 0.29) is 23.4 Å². The maximum Gasteiger partial charge on any atom is 0.237 e. The van der Waals surface area contributed by atoms with Crippen LogP contribution in [-0.2, 0) is 9.59 Å². The van der Waals surface area contributed by atoms with Crippen molar-refractivity contribution in [1.82, 2.24) is 0 Å². The zero-order valence-corrected chi connectivity index (χ0v) is 13.4. The van der Waals surface area contributed by atoms with Crippen LogP contribution in [0.15, 0.2) is 54.6 Å². The lowest BCUT2D eigenvalue weighted by atomic mass is 10.3. The smallest absolute Gasteiger partial charge is 0.237 e. The summed E-state index contributed by atoms with van der Waals surface area (Å²) in [5, 5.41) is 5.04. The quantitative estimate of drug-likeness (QED) is 0.851. The summed E-state index contributed by atoms with van der Waals surface area (Å²) in [5.41, 5.74) is 1.25. The van der Waals surface area contributed by atoms with Crippen molar-refractivity contribution in [3.8, 4) is 0 Å². The standard InChI is InChI=1S/C17H17FN2O2S/c1-12(17(22)20-15-9-7-13(18)8-10-15)23-11-16(21)19-14-5-3-2-4-6-14/h2-10,12H,11H2,1H3,(H,19,21)(H,20,22)/t12-/m1/s1. The van der Waals surface area contributed by atoms with Crippen molar-refractivity contribution in [3.63, 3.8) is 0 Å². The number of thioether (sulfide) groups is 1. The minimum atomic E-state index is -0.401. The molecule has 2 amide bonds. The van der Waals surface area contributed by atoms with Gasteiger partial charge in [0, 0.05) is 11.4 Å². The fourth-order valence-electron chi connectivity index (χ4n) is 1.77. The predicted molar refractivity (Wildman–Crippen MR) is 92.0 cm³/mol. The van der Waals surface area contributed by atoms with E-state index in [1.807, 2.05) is 18.2 Å². The molecule has 0 radical (unpaired) electrons. The van der Waals surface area contributed by atoms with E-state index in [0.717, 1.165) is 5.69 Å². The highest BCUT2D eigenvalue weighted by molar-refractivity contribution is 8.01. The fourth-order valence-corrected chi connectivity index (χ4v) is 2.46. The number of rotatable bonds is 6. The van der Waals surface area contributed by atoms with Crippen molar-refractivity contribution in [3.05, 3.63) is 60.4 Å². The van der Waals surface area contributed by atoms with Crippen LogP contribution >= 0.6 is 11.8 Å². The SMILES string of the molecule is C[C@@H](SCC(=O)Nc1ccccc1)C(=O)Nc1ccc(F)cc1. The van der Waals surface area contributed by atoms with Crippen LogP contribution in [0.3, 0.4) is 0 Å². The van der Waals surface area contributed by atoms with E-state index in [0.29, 0.717) is 5.69 Å². The molecule has 2 aromatic carbocycles. The van der Waals surface area contributed by atoms with Gasteiger partial charge in [-0.3, -0.25) is 9.59 Å². The summed E-state index contributed by atoms with van der Waals surface area (Å²) in [6, 6.07) is 14.7. The maximum absolute atomic E-state index is 12.8. The minimum Gasteiger partial charge on any atom is -0.325 e. The Hall–Kier alpha value is -2.34. The van der Waals surface area contributed by atoms with Crippen molar-refractivity contribution in [2.24, 2.45) is 0 Å². The number of halogens is 1. The molecule has 2 aromatic rings. The molecule has 1 atom stereocenters. The molecule has 0 spiro atoms. The number of benzene rings is 2. The lowest BCUT2D eigenvalue weighted by Crippen LogP contribution is -2.25. The van der Waals surface area contributed by atoms with Crippen molar-refractivity contribution in [1.29, 1.82) is 0 Å². The third-order valence-corrected chi connectivity index (χ3v) is 4.15. The first-order valence-corrected chi connectivity index (χ1v) is 8.12. The molecular weight excluding hydrogens is 315 g/mol. The Morgan fingerprint density at radius 1 is 1.00 bits per heavy atom. The van der Waals surface area contributed by atoms with Gasteiger partial charge in [0.15, 0.2) is 0 Å². The molecule has 0 fully saturated rings.